The van der Waals surface area contributed by atoms with Gasteiger partial charge in [0, 0.05) is 40.9 Å². The van der Waals surface area contributed by atoms with Crippen LogP contribution in [0.3, 0.4) is 0 Å². The summed E-state index contributed by atoms with van der Waals surface area (Å²) in [5.74, 6) is 2.35. The van der Waals surface area contributed by atoms with Gasteiger partial charge in [0.2, 0.25) is 0 Å². The van der Waals surface area contributed by atoms with E-state index in [1.54, 1.807) is 0 Å². The number of hydrogen-bond donors (Lipinski definition) is 0. The van der Waals surface area contributed by atoms with Gasteiger partial charge in [0.1, 0.15) is 6.61 Å². The van der Waals surface area contributed by atoms with Crippen LogP contribution in [-0.4, -0.2) is 52.5 Å². The van der Waals surface area contributed by atoms with E-state index in [2.05, 4.69) is 18.7 Å². The second-order valence-electron chi connectivity index (χ2n) is 5.29. The molecule has 1 aliphatic heterocycles. The van der Waals surface area contributed by atoms with Crippen LogP contribution in [0.25, 0.3) is 0 Å². The largest absolute Gasteiger partial charge is 0.490 e. The number of benzene rings is 1. The molecule has 1 aromatic carbocycles. The fourth-order valence-electron chi connectivity index (χ4n) is 2.55. The molecule has 0 bridgehead atoms. The molecule has 1 fully saturated rings. The zero-order valence-electron chi connectivity index (χ0n) is 13.1. The quantitative estimate of drug-likeness (QED) is 0.808. The third-order valence-corrected chi connectivity index (χ3v) is 5.84. The highest BCUT2D eigenvalue weighted by Crippen LogP contribution is 2.26. The summed E-state index contributed by atoms with van der Waals surface area (Å²) < 4.78 is 23.2. The van der Waals surface area contributed by atoms with Crippen LogP contribution >= 0.6 is 0 Å². The standard InChI is InChI=1S/C16H25NO3S/c1-4-19-15-7-5-6-8-16(15)20-11-9-17-10-12-21(18)14(3)13(17)2/h5-8,13-14H,4,9-12H2,1-3H3/t13-,14-,21-/m0/s1. The van der Waals surface area contributed by atoms with Crippen molar-refractivity contribution in [3.63, 3.8) is 0 Å². The molecular formula is C16H25NO3S. The van der Waals surface area contributed by atoms with E-state index in [1.165, 1.54) is 0 Å². The number of para-hydroxylation sites is 2. The van der Waals surface area contributed by atoms with E-state index in [0.29, 0.717) is 19.3 Å². The maximum absolute atomic E-state index is 11.8. The topological polar surface area (TPSA) is 38.8 Å². The molecular weight excluding hydrogens is 286 g/mol. The van der Waals surface area contributed by atoms with Crippen molar-refractivity contribution < 1.29 is 13.7 Å². The Bertz CT molecular complexity index is 480. The summed E-state index contributed by atoms with van der Waals surface area (Å²) in [4.78, 5) is 2.36. The molecule has 1 heterocycles. The molecule has 2 rings (SSSR count). The zero-order chi connectivity index (χ0) is 15.2. The molecule has 0 saturated carbocycles. The highest BCUT2D eigenvalue weighted by Gasteiger charge is 2.29. The van der Waals surface area contributed by atoms with Crippen molar-refractivity contribution in [1.82, 2.24) is 4.90 Å². The Kier molecular flexibility index (Phi) is 6.06. The van der Waals surface area contributed by atoms with E-state index >= 15 is 0 Å². The lowest BCUT2D eigenvalue weighted by Crippen LogP contribution is -2.50. The molecule has 5 heteroatoms. The Morgan fingerprint density at radius 3 is 2.57 bits per heavy atom. The maximum Gasteiger partial charge on any atom is 0.161 e. The lowest BCUT2D eigenvalue weighted by atomic mass is 10.2. The molecule has 0 unspecified atom stereocenters. The minimum Gasteiger partial charge on any atom is -0.490 e. The van der Waals surface area contributed by atoms with Gasteiger partial charge in [-0.1, -0.05) is 12.1 Å². The first-order chi connectivity index (χ1) is 10.1. The van der Waals surface area contributed by atoms with Gasteiger partial charge in [0.25, 0.3) is 0 Å². The second-order valence-corrected chi connectivity index (χ2v) is 7.21. The molecule has 3 atom stereocenters. The Hall–Kier alpha value is -1.07. The molecule has 4 nitrogen and oxygen atoms in total. The van der Waals surface area contributed by atoms with Gasteiger partial charge in [0.05, 0.1) is 6.61 Å². The summed E-state index contributed by atoms with van der Waals surface area (Å²) in [5.41, 5.74) is 0. The summed E-state index contributed by atoms with van der Waals surface area (Å²) in [6, 6.07) is 8.09. The zero-order valence-corrected chi connectivity index (χ0v) is 13.9. The lowest BCUT2D eigenvalue weighted by molar-refractivity contribution is 0.165. The van der Waals surface area contributed by atoms with Crippen molar-refractivity contribution in [2.45, 2.75) is 32.1 Å². The van der Waals surface area contributed by atoms with Gasteiger partial charge < -0.3 is 9.47 Å². The average Bonchev–Trinajstić information content (AvgIpc) is 2.49. The Labute approximate surface area is 129 Å². The van der Waals surface area contributed by atoms with Crippen molar-refractivity contribution >= 4 is 10.8 Å². The fourth-order valence-corrected chi connectivity index (χ4v) is 3.94. The molecule has 0 aliphatic carbocycles. The van der Waals surface area contributed by atoms with Gasteiger partial charge in [0.15, 0.2) is 11.5 Å². The first-order valence-electron chi connectivity index (χ1n) is 7.59. The molecule has 0 radical (unpaired) electrons. The van der Waals surface area contributed by atoms with E-state index in [-0.39, 0.29) is 5.25 Å². The van der Waals surface area contributed by atoms with Gasteiger partial charge in [-0.2, -0.15) is 0 Å². The predicted octanol–water partition coefficient (Wildman–Crippen LogP) is 2.31. The van der Waals surface area contributed by atoms with Crippen LogP contribution in [0.5, 0.6) is 11.5 Å². The minimum atomic E-state index is -0.686. The van der Waals surface area contributed by atoms with Gasteiger partial charge >= 0.3 is 0 Å². The van der Waals surface area contributed by atoms with Crippen LogP contribution in [0.4, 0.5) is 0 Å². The number of nitrogens with zero attached hydrogens (tertiary/aromatic N) is 1. The summed E-state index contributed by atoms with van der Waals surface area (Å²) in [6.07, 6.45) is 0. The van der Waals surface area contributed by atoms with Gasteiger partial charge in [-0.3, -0.25) is 9.11 Å². The van der Waals surface area contributed by atoms with Crippen molar-refractivity contribution in [2.75, 3.05) is 32.1 Å². The summed E-state index contributed by atoms with van der Waals surface area (Å²) in [7, 11) is -0.686. The fraction of sp³-hybridized carbons (Fsp3) is 0.625. The highest BCUT2D eigenvalue weighted by molar-refractivity contribution is 7.85. The molecule has 0 N–H and O–H groups in total. The maximum atomic E-state index is 11.8. The Balaban J connectivity index is 1.86. The molecule has 0 aromatic heterocycles. The molecule has 0 spiro atoms. The third kappa shape index (κ3) is 4.20. The van der Waals surface area contributed by atoms with E-state index in [4.69, 9.17) is 9.47 Å². The lowest BCUT2D eigenvalue weighted by Gasteiger charge is -2.37. The number of rotatable bonds is 6. The van der Waals surface area contributed by atoms with Crippen molar-refractivity contribution in [3.8, 4) is 11.5 Å². The summed E-state index contributed by atoms with van der Waals surface area (Å²) in [5, 5.41) is 0.231. The smallest absolute Gasteiger partial charge is 0.161 e. The monoisotopic (exact) mass is 311 g/mol. The number of hydrogen-bond acceptors (Lipinski definition) is 4. The van der Waals surface area contributed by atoms with Crippen molar-refractivity contribution in [1.29, 1.82) is 0 Å². The van der Waals surface area contributed by atoms with Gasteiger partial charge in [-0.15, -0.1) is 0 Å². The summed E-state index contributed by atoms with van der Waals surface area (Å²) >= 11 is 0. The van der Waals surface area contributed by atoms with E-state index in [1.807, 2.05) is 31.2 Å². The van der Waals surface area contributed by atoms with E-state index in [0.717, 1.165) is 30.3 Å². The van der Waals surface area contributed by atoms with Crippen LogP contribution < -0.4 is 9.47 Å². The predicted molar refractivity (Wildman–Crippen MR) is 86.6 cm³/mol. The molecule has 21 heavy (non-hydrogen) atoms. The summed E-state index contributed by atoms with van der Waals surface area (Å²) in [6.45, 7) is 9.17. The Morgan fingerprint density at radius 2 is 1.90 bits per heavy atom. The van der Waals surface area contributed by atoms with E-state index in [9.17, 15) is 4.21 Å². The van der Waals surface area contributed by atoms with Gasteiger partial charge in [-0.05, 0) is 32.9 Å². The third-order valence-electron chi connectivity index (χ3n) is 4.03. The second kappa shape index (κ2) is 7.80. The highest BCUT2D eigenvalue weighted by atomic mass is 32.2. The van der Waals surface area contributed by atoms with Gasteiger partial charge in [-0.25, -0.2) is 0 Å². The normalized spacial score (nSPS) is 26.5. The van der Waals surface area contributed by atoms with Crippen LogP contribution in [0.1, 0.15) is 20.8 Å². The van der Waals surface area contributed by atoms with E-state index < -0.39 is 10.8 Å². The molecule has 1 aromatic rings. The van der Waals surface area contributed by atoms with Crippen molar-refractivity contribution in [3.05, 3.63) is 24.3 Å². The van der Waals surface area contributed by atoms with Crippen LogP contribution in [-0.2, 0) is 10.8 Å². The van der Waals surface area contributed by atoms with Crippen LogP contribution in [0.15, 0.2) is 24.3 Å². The number of ether oxygens (including phenoxy) is 2. The molecule has 0 amide bonds. The van der Waals surface area contributed by atoms with Crippen LogP contribution in [0.2, 0.25) is 0 Å². The molecule has 1 saturated heterocycles. The minimum absolute atomic E-state index is 0.231. The Morgan fingerprint density at radius 1 is 1.24 bits per heavy atom. The first kappa shape index (κ1) is 16.3. The van der Waals surface area contributed by atoms with Crippen LogP contribution in [0, 0.1) is 0 Å². The first-order valence-corrected chi connectivity index (χ1v) is 8.97. The average molecular weight is 311 g/mol. The molecule has 118 valence electrons. The van der Waals surface area contributed by atoms with Crippen molar-refractivity contribution in [2.24, 2.45) is 0 Å². The molecule has 1 aliphatic rings. The SMILES string of the molecule is CCOc1ccccc1OCCN1CC[S@](=O)[C@@H](C)[C@@H]1C.